The number of hydrogen-bond acceptors (Lipinski definition) is 0. The van der Waals surface area contributed by atoms with Crippen LogP contribution in [0, 0.1) is 0 Å². The fourth-order valence-corrected chi connectivity index (χ4v) is 1.55. The topological polar surface area (TPSA) is 0 Å². The second-order valence-corrected chi connectivity index (χ2v) is 3.21. The van der Waals surface area contributed by atoms with E-state index < -0.39 is 0 Å². The normalized spacial score (nSPS) is 26.5. The standard InChI is InChI=1S/C11H18/c1-2-8-11-9-6-4-3-5-7-10-11/h3-4,9H,2,5-8,10H2,1H3/b4-3-,11-9-. The minimum absolute atomic E-state index is 1.16. The minimum Gasteiger partial charge on any atom is -0.0882 e. The molecule has 0 saturated heterocycles. The molecule has 0 aliphatic heterocycles. The molecular formula is C11H18. The summed E-state index contributed by atoms with van der Waals surface area (Å²) in [6.45, 7) is 2.26. The highest BCUT2D eigenvalue weighted by atomic mass is 14.0. The predicted molar refractivity (Wildman–Crippen MR) is 50.6 cm³/mol. The Bertz CT molecular complexity index is 151. The Morgan fingerprint density at radius 2 is 2.27 bits per heavy atom. The van der Waals surface area contributed by atoms with Gasteiger partial charge in [0.1, 0.15) is 0 Å². The van der Waals surface area contributed by atoms with E-state index in [1.807, 2.05) is 0 Å². The highest BCUT2D eigenvalue weighted by Crippen LogP contribution is 2.16. The smallest absolute Gasteiger partial charge is 0.0166 e. The van der Waals surface area contributed by atoms with Crippen molar-refractivity contribution in [3.05, 3.63) is 23.8 Å². The van der Waals surface area contributed by atoms with E-state index in [0.29, 0.717) is 0 Å². The van der Waals surface area contributed by atoms with E-state index in [-0.39, 0.29) is 0 Å². The summed E-state index contributed by atoms with van der Waals surface area (Å²) in [7, 11) is 0. The zero-order valence-electron chi connectivity index (χ0n) is 7.47. The summed E-state index contributed by atoms with van der Waals surface area (Å²) in [6, 6.07) is 0. The summed E-state index contributed by atoms with van der Waals surface area (Å²) < 4.78 is 0. The van der Waals surface area contributed by atoms with Crippen LogP contribution in [0.4, 0.5) is 0 Å². The van der Waals surface area contributed by atoms with Crippen molar-refractivity contribution in [3.8, 4) is 0 Å². The lowest BCUT2D eigenvalue weighted by atomic mass is 10.0. The van der Waals surface area contributed by atoms with Crippen molar-refractivity contribution in [2.45, 2.75) is 45.4 Å². The van der Waals surface area contributed by atoms with Crippen molar-refractivity contribution < 1.29 is 0 Å². The van der Waals surface area contributed by atoms with Gasteiger partial charge in [-0.1, -0.05) is 37.1 Å². The first-order valence-corrected chi connectivity index (χ1v) is 4.76. The molecule has 1 rings (SSSR count). The summed E-state index contributed by atoms with van der Waals surface area (Å²) in [6.07, 6.45) is 14.7. The third kappa shape index (κ3) is 3.41. The maximum Gasteiger partial charge on any atom is -0.0166 e. The average Bonchev–Trinajstić information content (AvgIpc) is 1.94. The molecule has 0 atom stereocenters. The zero-order chi connectivity index (χ0) is 7.94. The molecule has 11 heavy (non-hydrogen) atoms. The van der Waals surface area contributed by atoms with Crippen molar-refractivity contribution >= 4 is 0 Å². The van der Waals surface area contributed by atoms with Crippen LogP contribution in [0.5, 0.6) is 0 Å². The molecule has 0 aromatic rings. The first-order chi connectivity index (χ1) is 5.43. The van der Waals surface area contributed by atoms with Crippen LogP contribution < -0.4 is 0 Å². The molecule has 1 aliphatic carbocycles. The molecule has 0 aromatic carbocycles. The Balaban J connectivity index is 2.40. The lowest BCUT2D eigenvalue weighted by Crippen LogP contribution is -1.86. The largest absolute Gasteiger partial charge is 0.0882 e. The van der Waals surface area contributed by atoms with E-state index in [2.05, 4.69) is 25.2 Å². The molecule has 0 unspecified atom stereocenters. The van der Waals surface area contributed by atoms with Gasteiger partial charge in [0, 0.05) is 0 Å². The van der Waals surface area contributed by atoms with E-state index >= 15 is 0 Å². The number of rotatable bonds is 2. The van der Waals surface area contributed by atoms with E-state index in [0.717, 1.165) is 6.42 Å². The van der Waals surface area contributed by atoms with Gasteiger partial charge in [-0.15, -0.1) is 0 Å². The van der Waals surface area contributed by atoms with E-state index in [4.69, 9.17) is 0 Å². The van der Waals surface area contributed by atoms with Crippen LogP contribution >= 0.6 is 0 Å². The second kappa shape index (κ2) is 5.17. The van der Waals surface area contributed by atoms with Gasteiger partial charge in [-0.2, -0.15) is 0 Å². The van der Waals surface area contributed by atoms with E-state index in [9.17, 15) is 0 Å². The Kier molecular flexibility index (Phi) is 4.03. The Hall–Kier alpha value is -0.520. The van der Waals surface area contributed by atoms with Crippen LogP contribution in [0.15, 0.2) is 23.8 Å². The molecule has 0 bridgehead atoms. The van der Waals surface area contributed by atoms with E-state index in [1.165, 1.54) is 32.1 Å². The summed E-state index contributed by atoms with van der Waals surface area (Å²) >= 11 is 0. The van der Waals surface area contributed by atoms with Crippen LogP contribution in [-0.2, 0) is 0 Å². The van der Waals surface area contributed by atoms with Crippen molar-refractivity contribution in [1.82, 2.24) is 0 Å². The molecule has 0 aromatic heterocycles. The number of allylic oxidation sites excluding steroid dienone is 4. The second-order valence-electron chi connectivity index (χ2n) is 3.21. The fraction of sp³-hybridized carbons (Fsp3) is 0.636. The molecule has 0 N–H and O–H groups in total. The van der Waals surface area contributed by atoms with Gasteiger partial charge >= 0.3 is 0 Å². The zero-order valence-corrected chi connectivity index (χ0v) is 7.47. The molecule has 0 heterocycles. The van der Waals surface area contributed by atoms with Crippen molar-refractivity contribution in [3.63, 3.8) is 0 Å². The molecule has 0 heteroatoms. The van der Waals surface area contributed by atoms with Crippen LogP contribution in [0.3, 0.4) is 0 Å². The van der Waals surface area contributed by atoms with Gasteiger partial charge in [0.05, 0.1) is 0 Å². The maximum atomic E-state index is 2.40. The molecule has 1 aliphatic rings. The van der Waals surface area contributed by atoms with Crippen LogP contribution in [-0.4, -0.2) is 0 Å². The van der Waals surface area contributed by atoms with Crippen molar-refractivity contribution in [1.29, 1.82) is 0 Å². The molecule has 0 nitrogen and oxygen atoms in total. The van der Waals surface area contributed by atoms with Crippen LogP contribution in [0.1, 0.15) is 45.4 Å². The molecule has 0 amide bonds. The third-order valence-corrected chi connectivity index (χ3v) is 2.15. The Labute approximate surface area is 70.0 Å². The highest BCUT2D eigenvalue weighted by Gasteiger charge is 1.96. The van der Waals surface area contributed by atoms with Gasteiger partial charge in [-0.3, -0.25) is 0 Å². The quantitative estimate of drug-likeness (QED) is 0.524. The van der Waals surface area contributed by atoms with Gasteiger partial charge in [-0.25, -0.2) is 0 Å². The SMILES string of the molecule is CCC/C1=C/C/C=C\CCC1. The lowest BCUT2D eigenvalue weighted by molar-refractivity contribution is 0.758. The first-order valence-electron chi connectivity index (χ1n) is 4.76. The average molecular weight is 150 g/mol. The molecule has 62 valence electrons. The molecule has 0 spiro atoms. The van der Waals surface area contributed by atoms with Gasteiger partial charge < -0.3 is 0 Å². The lowest BCUT2D eigenvalue weighted by Gasteiger charge is -2.06. The molecule has 0 fully saturated rings. The summed E-state index contributed by atoms with van der Waals surface area (Å²) in [5.41, 5.74) is 1.68. The summed E-state index contributed by atoms with van der Waals surface area (Å²) in [5.74, 6) is 0. The minimum atomic E-state index is 1.16. The van der Waals surface area contributed by atoms with Crippen LogP contribution in [0.25, 0.3) is 0 Å². The van der Waals surface area contributed by atoms with Gasteiger partial charge in [-0.05, 0) is 32.1 Å². The Morgan fingerprint density at radius 3 is 3.09 bits per heavy atom. The number of hydrogen-bond donors (Lipinski definition) is 0. The first kappa shape index (κ1) is 8.58. The van der Waals surface area contributed by atoms with Crippen molar-refractivity contribution in [2.75, 3.05) is 0 Å². The van der Waals surface area contributed by atoms with Crippen LogP contribution in [0.2, 0.25) is 0 Å². The summed E-state index contributed by atoms with van der Waals surface area (Å²) in [4.78, 5) is 0. The molecule has 0 radical (unpaired) electrons. The maximum absolute atomic E-state index is 2.40. The third-order valence-electron chi connectivity index (χ3n) is 2.15. The van der Waals surface area contributed by atoms with Crippen molar-refractivity contribution in [2.24, 2.45) is 0 Å². The fourth-order valence-electron chi connectivity index (χ4n) is 1.55. The van der Waals surface area contributed by atoms with Gasteiger partial charge in [0.2, 0.25) is 0 Å². The molecule has 0 saturated carbocycles. The van der Waals surface area contributed by atoms with Gasteiger partial charge in [0.25, 0.3) is 0 Å². The highest BCUT2D eigenvalue weighted by molar-refractivity contribution is 5.07. The summed E-state index contributed by atoms with van der Waals surface area (Å²) in [5, 5.41) is 0. The Morgan fingerprint density at radius 1 is 1.36 bits per heavy atom. The van der Waals surface area contributed by atoms with E-state index in [1.54, 1.807) is 5.57 Å². The monoisotopic (exact) mass is 150 g/mol. The van der Waals surface area contributed by atoms with Gasteiger partial charge in [0.15, 0.2) is 0 Å². The molecular weight excluding hydrogens is 132 g/mol. The predicted octanol–water partition coefficient (Wildman–Crippen LogP) is 3.84.